The van der Waals surface area contributed by atoms with E-state index in [9.17, 15) is 5.11 Å². The van der Waals surface area contributed by atoms with Gasteiger partial charge in [0.1, 0.15) is 24.2 Å². The van der Waals surface area contributed by atoms with E-state index in [-0.39, 0.29) is 0 Å². The number of hydrogen-bond donors (Lipinski definition) is 1. The average Bonchev–Trinajstić information content (AvgIpc) is 2.97. The summed E-state index contributed by atoms with van der Waals surface area (Å²) < 4.78 is 12.4. The predicted molar refractivity (Wildman–Crippen MR) is 174 cm³/mol. The van der Waals surface area contributed by atoms with Crippen molar-refractivity contribution in [3.63, 3.8) is 0 Å². The zero-order valence-corrected chi connectivity index (χ0v) is 27.4. The summed E-state index contributed by atoms with van der Waals surface area (Å²) in [6.45, 7) is 14.7. The molecule has 0 aliphatic carbocycles. The highest BCUT2D eigenvalue weighted by molar-refractivity contribution is 5.38. The third kappa shape index (κ3) is 19.0. The minimum absolute atomic E-state index is 0.312. The Morgan fingerprint density at radius 2 is 1.12 bits per heavy atom. The zero-order chi connectivity index (χ0) is 29.3. The van der Waals surface area contributed by atoms with Crippen molar-refractivity contribution in [2.24, 2.45) is 5.92 Å². The topological polar surface area (TPSA) is 41.9 Å². The molecule has 0 aliphatic rings. The second kappa shape index (κ2) is 25.5. The largest absolute Gasteiger partial charge is 0.493 e. The van der Waals surface area contributed by atoms with Crippen molar-refractivity contribution in [3.8, 4) is 11.5 Å². The van der Waals surface area contributed by atoms with Gasteiger partial charge in [0, 0.05) is 12.6 Å². The van der Waals surface area contributed by atoms with Crippen molar-refractivity contribution in [1.29, 1.82) is 0 Å². The van der Waals surface area contributed by atoms with Crippen LogP contribution in [0.1, 0.15) is 149 Å². The Bertz CT molecular complexity index is 691. The van der Waals surface area contributed by atoms with Crippen LogP contribution in [0.25, 0.3) is 0 Å². The molecule has 2 unspecified atom stereocenters. The third-order valence-corrected chi connectivity index (χ3v) is 8.34. The van der Waals surface area contributed by atoms with Crippen molar-refractivity contribution >= 4 is 0 Å². The first-order valence-electron chi connectivity index (χ1n) is 17.4. The smallest absolute Gasteiger partial charge is 0.123 e. The van der Waals surface area contributed by atoms with E-state index in [1.807, 2.05) is 6.07 Å². The number of benzene rings is 1. The molecule has 0 spiro atoms. The highest BCUT2D eigenvalue weighted by Crippen LogP contribution is 2.26. The van der Waals surface area contributed by atoms with Crippen LogP contribution in [0.4, 0.5) is 0 Å². The van der Waals surface area contributed by atoms with Crippen LogP contribution in [0.15, 0.2) is 18.2 Å². The number of rotatable bonds is 28. The Morgan fingerprint density at radius 3 is 1.62 bits per heavy atom. The van der Waals surface area contributed by atoms with Crippen molar-refractivity contribution < 1.29 is 14.6 Å². The lowest BCUT2D eigenvalue weighted by Gasteiger charge is -2.22. The second-order valence-corrected chi connectivity index (χ2v) is 12.0. The van der Waals surface area contributed by atoms with Gasteiger partial charge >= 0.3 is 0 Å². The highest BCUT2D eigenvalue weighted by atomic mass is 16.5. The lowest BCUT2D eigenvalue weighted by Crippen LogP contribution is -2.35. The summed E-state index contributed by atoms with van der Waals surface area (Å²) in [6.07, 6.45) is 23.3. The molecule has 4 heteroatoms. The van der Waals surface area contributed by atoms with Crippen molar-refractivity contribution in [2.75, 3.05) is 32.8 Å². The molecule has 1 aromatic carbocycles. The zero-order valence-electron chi connectivity index (χ0n) is 27.4. The van der Waals surface area contributed by atoms with Gasteiger partial charge in [-0.2, -0.15) is 0 Å². The van der Waals surface area contributed by atoms with Crippen molar-refractivity contribution in [3.05, 3.63) is 23.8 Å². The van der Waals surface area contributed by atoms with Gasteiger partial charge in [0.05, 0.1) is 6.61 Å². The second-order valence-electron chi connectivity index (χ2n) is 12.0. The summed E-state index contributed by atoms with van der Waals surface area (Å²) in [6, 6.07) is 6.39. The lowest BCUT2D eigenvalue weighted by atomic mass is 10.0. The molecule has 0 fully saturated rings. The minimum Gasteiger partial charge on any atom is -0.493 e. The Labute approximate surface area is 249 Å². The first-order chi connectivity index (χ1) is 19.6. The van der Waals surface area contributed by atoms with E-state index in [1.54, 1.807) is 0 Å². The minimum atomic E-state index is -0.493. The predicted octanol–water partition coefficient (Wildman–Crippen LogP) is 10.00. The van der Waals surface area contributed by atoms with E-state index in [1.165, 1.54) is 108 Å². The van der Waals surface area contributed by atoms with Gasteiger partial charge in [-0.1, -0.05) is 131 Å². The molecule has 0 amide bonds. The van der Waals surface area contributed by atoms with Crippen LogP contribution in [0, 0.1) is 5.92 Å². The summed E-state index contributed by atoms with van der Waals surface area (Å²) in [7, 11) is 0. The van der Waals surface area contributed by atoms with Crippen molar-refractivity contribution in [1.82, 2.24) is 4.90 Å². The lowest BCUT2D eigenvalue weighted by molar-refractivity contribution is 0.0714. The maximum absolute atomic E-state index is 10.5. The Hall–Kier alpha value is -1.26. The number of aliphatic hydroxyl groups is 1. The van der Waals surface area contributed by atoms with Gasteiger partial charge in [0.15, 0.2) is 0 Å². The van der Waals surface area contributed by atoms with E-state index in [0.29, 0.717) is 19.1 Å². The maximum Gasteiger partial charge on any atom is 0.123 e. The molecule has 0 aromatic heterocycles. The van der Waals surface area contributed by atoms with Gasteiger partial charge in [-0.25, -0.2) is 0 Å². The monoisotopic (exact) mass is 562 g/mol. The van der Waals surface area contributed by atoms with Crippen molar-refractivity contribution in [2.45, 2.75) is 156 Å². The number of unbranched alkanes of at least 4 members (excludes halogenated alkanes) is 13. The molecule has 0 radical (unpaired) electrons. The van der Waals surface area contributed by atoms with Gasteiger partial charge in [-0.05, 0) is 56.0 Å². The summed E-state index contributed by atoms with van der Waals surface area (Å²) in [4.78, 5) is 2.23. The van der Waals surface area contributed by atoms with Gasteiger partial charge in [0.25, 0.3) is 0 Å². The standard InChI is InChI=1S/C36H67NO3/c1-6-11-13-14-15-16-17-18-19-20-21-22-23-25-33-26-35(39-30-32(8-3)24-12-7-2)28-36(27-33)40-31-34(38)29-37(9-4)10-5/h26-28,32,34,38H,6-25,29-31H2,1-5H3. The maximum atomic E-state index is 10.5. The fourth-order valence-electron chi connectivity index (χ4n) is 5.43. The average molecular weight is 562 g/mol. The molecule has 0 heterocycles. The molecule has 0 aliphatic heterocycles. The van der Waals surface area contributed by atoms with Crippen LogP contribution in [-0.4, -0.2) is 49.0 Å². The molecular weight excluding hydrogens is 494 g/mol. The molecule has 40 heavy (non-hydrogen) atoms. The fraction of sp³-hybridized carbons (Fsp3) is 0.833. The number of likely N-dealkylation sites (N-methyl/N-ethyl adjacent to an activating group) is 1. The number of aliphatic hydroxyl groups excluding tert-OH is 1. The molecule has 1 N–H and O–H groups in total. The molecule has 234 valence electrons. The first kappa shape index (κ1) is 36.8. The number of nitrogens with zero attached hydrogens (tertiary/aromatic N) is 1. The number of ether oxygens (including phenoxy) is 2. The molecule has 0 bridgehead atoms. The Kier molecular flexibility index (Phi) is 23.4. The van der Waals surface area contributed by atoms with Crippen LogP contribution >= 0.6 is 0 Å². The Morgan fingerprint density at radius 1 is 0.625 bits per heavy atom. The SMILES string of the molecule is CCCCCCCCCCCCCCCc1cc(OCC(O)CN(CC)CC)cc(OCC(CC)CCCC)c1. The van der Waals surface area contributed by atoms with E-state index < -0.39 is 6.10 Å². The van der Waals surface area contributed by atoms with Crippen LogP contribution in [0.3, 0.4) is 0 Å². The summed E-state index contributed by atoms with van der Waals surface area (Å²) >= 11 is 0. The number of aryl methyl sites for hydroxylation is 1. The highest BCUT2D eigenvalue weighted by Gasteiger charge is 2.12. The fourth-order valence-corrected chi connectivity index (χ4v) is 5.43. The molecule has 0 saturated carbocycles. The van der Waals surface area contributed by atoms with Crippen LogP contribution < -0.4 is 9.47 Å². The molecule has 0 saturated heterocycles. The van der Waals surface area contributed by atoms with E-state index in [0.717, 1.165) is 44.0 Å². The van der Waals surface area contributed by atoms with Crippen LogP contribution in [0.5, 0.6) is 11.5 Å². The number of hydrogen-bond acceptors (Lipinski definition) is 4. The molecule has 1 rings (SSSR count). The van der Waals surface area contributed by atoms with Crippen LogP contribution in [-0.2, 0) is 6.42 Å². The van der Waals surface area contributed by atoms with E-state index in [4.69, 9.17) is 9.47 Å². The van der Waals surface area contributed by atoms with Crippen LogP contribution in [0.2, 0.25) is 0 Å². The Balaban J connectivity index is 2.51. The molecule has 4 nitrogen and oxygen atoms in total. The quantitative estimate of drug-likeness (QED) is 0.103. The van der Waals surface area contributed by atoms with Gasteiger partial charge < -0.3 is 19.5 Å². The van der Waals surface area contributed by atoms with Gasteiger partial charge in [0.2, 0.25) is 0 Å². The molecule has 1 aromatic rings. The normalized spacial score (nSPS) is 13.1. The third-order valence-electron chi connectivity index (χ3n) is 8.34. The van der Waals surface area contributed by atoms with Gasteiger partial charge in [-0.3, -0.25) is 0 Å². The summed E-state index contributed by atoms with van der Waals surface area (Å²) in [5, 5.41) is 10.5. The molecular formula is C36H67NO3. The molecule has 2 atom stereocenters. The first-order valence-corrected chi connectivity index (χ1v) is 17.4. The summed E-state index contributed by atoms with van der Waals surface area (Å²) in [5.41, 5.74) is 1.29. The summed E-state index contributed by atoms with van der Waals surface area (Å²) in [5.74, 6) is 2.34. The van der Waals surface area contributed by atoms with E-state index in [2.05, 4.69) is 51.7 Å². The van der Waals surface area contributed by atoms with Gasteiger partial charge in [-0.15, -0.1) is 0 Å². The van der Waals surface area contributed by atoms with E-state index >= 15 is 0 Å².